The number of aryl methyl sites for hydroxylation is 1. The van der Waals surface area contributed by atoms with Gasteiger partial charge in [0.15, 0.2) is 5.52 Å². The van der Waals surface area contributed by atoms with Crippen LogP contribution in [-0.2, 0) is 4.79 Å². The number of nitrogens with two attached hydrogens (primary N) is 1. The van der Waals surface area contributed by atoms with Crippen LogP contribution < -0.4 is 10.6 Å². The zero-order chi connectivity index (χ0) is 17.3. The Bertz CT molecular complexity index is 800. The molecule has 1 aliphatic heterocycles. The molecule has 0 unspecified atom stereocenters. The Balaban J connectivity index is 1.94. The maximum atomic E-state index is 11.3. The van der Waals surface area contributed by atoms with Gasteiger partial charge in [-0.1, -0.05) is 12.1 Å². The zero-order valence-electron chi connectivity index (χ0n) is 13.4. The van der Waals surface area contributed by atoms with E-state index in [0.717, 1.165) is 42.9 Å². The SMILES string of the molecule is Cc1cc(N2CCN(CC(N)=O)CC2)c2cccc([N+](=O)[O-])c2n1. The molecule has 0 spiro atoms. The van der Waals surface area contributed by atoms with Crippen LogP contribution in [0.25, 0.3) is 10.9 Å². The summed E-state index contributed by atoms with van der Waals surface area (Å²) >= 11 is 0. The molecule has 2 aromatic rings. The number of pyridine rings is 1. The number of primary amides is 1. The van der Waals surface area contributed by atoms with Gasteiger partial charge in [0, 0.05) is 49.0 Å². The Morgan fingerprint density at radius 3 is 2.67 bits per heavy atom. The van der Waals surface area contributed by atoms with E-state index < -0.39 is 4.92 Å². The van der Waals surface area contributed by atoms with E-state index in [4.69, 9.17) is 5.73 Å². The van der Waals surface area contributed by atoms with Gasteiger partial charge in [0.25, 0.3) is 5.69 Å². The van der Waals surface area contributed by atoms with E-state index >= 15 is 0 Å². The summed E-state index contributed by atoms with van der Waals surface area (Å²) in [4.78, 5) is 30.5. The number of rotatable bonds is 4. The van der Waals surface area contributed by atoms with E-state index in [0.29, 0.717) is 5.52 Å². The summed E-state index contributed by atoms with van der Waals surface area (Å²) in [6.45, 7) is 5.00. The Labute approximate surface area is 139 Å². The molecule has 3 rings (SSSR count). The number of para-hydroxylation sites is 1. The molecule has 0 aliphatic carbocycles. The predicted octanol–water partition coefficient (Wildman–Crippen LogP) is 1.06. The molecule has 1 aromatic carbocycles. The van der Waals surface area contributed by atoms with Crippen LogP contribution in [0.3, 0.4) is 0 Å². The average molecular weight is 329 g/mol. The third-order valence-corrected chi connectivity index (χ3v) is 4.21. The fourth-order valence-electron chi connectivity index (χ4n) is 3.12. The molecule has 1 fully saturated rings. The number of benzene rings is 1. The van der Waals surface area contributed by atoms with Crippen LogP contribution in [0.4, 0.5) is 11.4 Å². The zero-order valence-corrected chi connectivity index (χ0v) is 13.4. The highest BCUT2D eigenvalue weighted by molar-refractivity contribution is 5.97. The lowest BCUT2D eigenvalue weighted by molar-refractivity contribution is -0.383. The topological polar surface area (TPSA) is 106 Å². The number of hydrogen-bond donors (Lipinski definition) is 1. The summed E-state index contributed by atoms with van der Waals surface area (Å²) < 4.78 is 0. The highest BCUT2D eigenvalue weighted by Crippen LogP contribution is 2.32. The van der Waals surface area contributed by atoms with Crippen LogP contribution in [-0.4, -0.2) is 53.4 Å². The second kappa shape index (κ2) is 6.40. The number of nitro benzene ring substituents is 1. The number of aromatic nitrogens is 1. The quantitative estimate of drug-likeness (QED) is 0.664. The van der Waals surface area contributed by atoms with Gasteiger partial charge < -0.3 is 10.6 Å². The van der Waals surface area contributed by atoms with E-state index in [9.17, 15) is 14.9 Å². The monoisotopic (exact) mass is 329 g/mol. The molecule has 8 nitrogen and oxygen atoms in total. The van der Waals surface area contributed by atoms with Crippen molar-refractivity contribution in [3.63, 3.8) is 0 Å². The highest BCUT2D eigenvalue weighted by atomic mass is 16.6. The maximum absolute atomic E-state index is 11.3. The number of carbonyl (C=O) groups is 1. The van der Waals surface area contributed by atoms with Gasteiger partial charge in [0.1, 0.15) is 0 Å². The largest absolute Gasteiger partial charge is 0.369 e. The number of carbonyl (C=O) groups excluding carboxylic acids is 1. The van der Waals surface area contributed by atoms with Gasteiger partial charge in [0.05, 0.1) is 11.5 Å². The molecular formula is C16H19N5O3. The number of fused-ring (bicyclic) bond motifs is 1. The van der Waals surface area contributed by atoms with Crippen molar-refractivity contribution < 1.29 is 9.72 Å². The smallest absolute Gasteiger partial charge is 0.295 e. The first-order valence-electron chi connectivity index (χ1n) is 7.76. The first kappa shape index (κ1) is 16.1. The number of piperazine rings is 1. The third kappa shape index (κ3) is 3.13. The summed E-state index contributed by atoms with van der Waals surface area (Å²) in [5.74, 6) is -0.329. The Morgan fingerprint density at radius 1 is 1.33 bits per heavy atom. The molecule has 2 heterocycles. The fourth-order valence-corrected chi connectivity index (χ4v) is 3.12. The minimum atomic E-state index is -0.399. The number of anilines is 1. The fraction of sp³-hybridized carbons (Fsp3) is 0.375. The highest BCUT2D eigenvalue weighted by Gasteiger charge is 2.22. The lowest BCUT2D eigenvalue weighted by Gasteiger charge is -2.36. The van der Waals surface area contributed by atoms with Gasteiger partial charge in [0.2, 0.25) is 5.91 Å². The Morgan fingerprint density at radius 2 is 2.04 bits per heavy atom. The molecule has 0 bridgehead atoms. The molecule has 2 N–H and O–H groups in total. The molecule has 24 heavy (non-hydrogen) atoms. The van der Waals surface area contributed by atoms with Crippen molar-refractivity contribution in [3.8, 4) is 0 Å². The van der Waals surface area contributed by atoms with Gasteiger partial charge in [-0.3, -0.25) is 19.8 Å². The Hall–Kier alpha value is -2.74. The van der Waals surface area contributed by atoms with Crippen LogP contribution >= 0.6 is 0 Å². The maximum Gasteiger partial charge on any atom is 0.295 e. The van der Waals surface area contributed by atoms with Gasteiger partial charge in [-0.25, -0.2) is 4.98 Å². The van der Waals surface area contributed by atoms with Crippen molar-refractivity contribution >= 4 is 28.2 Å². The molecule has 1 amide bonds. The van der Waals surface area contributed by atoms with E-state index in [-0.39, 0.29) is 18.1 Å². The standard InChI is InChI=1S/C16H19N5O3/c1-11-9-14(20-7-5-19(6-8-20)10-15(17)22)12-3-2-4-13(21(23)24)16(12)18-11/h2-4,9H,5-8,10H2,1H3,(H2,17,22). The van der Waals surface area contributed by atoms with Crippen LogP contribution in [0, 0.1) is 17.0 Å². The number of nitrogens with zero attached hydrogens (tertiary/aromatic N) is 4. The lowest BCUT2D eigenvalue weighted by atomic mass is 10.1. The van der Waals surface area contributed by atoms with Crippen molar-refractivity contribution in [2.24, 2.45) is 5.73 Å². The summed E-state index contributed by atoms with van der Waals surface area (Å²) in [7, 11) is 0. The minimum absolute atomic E-state index is 0.0183. The average Bonchev–Trinajstić information content (AvgIpc) is 2.53. The molecule has 0 saturated carbocycles. The van der Waals surface area contributed by atoms with Gasteiger partial charge >= 0.3 is 0 Å². The van der Waals surface area contributed by atoms with E-state index in [1.165, 1.54) is 6.07 Å². The number of non-ortho nitro benzene ring substituents is 1. The van der Waals surface area contributed by atoms with Gasteiger partial charge in [-0.2, -0.15) is 0 Å². The first-order valence-corrected chi connectivity index (χ1v) is 7.76. The molecule has 1 saturated heterocycles. The summed E-state index contributed by atoms with van der Waals surface area (Å²) in [5.41, 5.74) is 7.36. The number of nitro groups is 1. The minimum Gasteiger partial charge on any atom is -0.369 e. The first-order chi connectivity index (χ1) is 11.5. The van der Waals surface area contributed by atoms with Gasteiger partial charge in [-0.05, 0) is 13.0 Å². The summed E-state index contributed by atoms with van der Waals surface area (Å²) in [6, 6.07) is 6.98. The van der Waals surface area contributed by atoms with Crippen molar-refractivity contribution in [2.45, 2.75) is 6.92 Å². The number of hydrogen-bond acceptors (Lipinski definition) is 6. The third-order valence-electron chi connectivity index (χ3n) is 4.21. The van der Waals surface area contributed by atoms with Crippen molar-refractivity contribution in [1.29, 1.82) is 0 Å². The lowest BCUT2D eigenvalue weighted by Crippen LogP contribution is -2.49. The Kier molecular flexibility index (Phi) is 4.30. The summed E-state index contributed by atoms with van der Waals surface area (Å²) in [5, 5.41) is 12.0. The van der Waals surface area contributed by atoms with Crippen LogP contribution in [0.15, 0.2) is 24.3 Å². The van der Waals surface area contributed by atoms with Crippen molar-refractivity contribution in [2.75, 3.05) is 37.6 Å². The van der Waals surface area contributed by atoms with E-state index in [2.05, 4.69) is 9.88 Å². The van der Waals surface area contributed by atoms with Crippen molar-refractivity contribution in [3.05, 3.63) is 40.1 Å². The normalized spacial score (nSPS) is 15.6. The second-order valence-electron chi connectivity index (χ2n) is 5.94. The molecule has 8 heteroatoms. The predicted molar refractivity (Wildman–Crippen MR) is 91.0 cm³/mol. The van der Waals surface area contributed by atoms with Crippen molar-refractivity contribution in [1.82, 2.24) is 9.88 Å². The van der Waals surface area contributed by atoms with E-state index in [1.54, 1.807) is 6.07 Å². The van der Waals surface area contributed by atoms with Gasteiger partial charge in [-0.15, -0.1) is 0 Å². The number of amides is 1. The van der Waals surface area contributed by atoms with E-state index in [1.807, 2.05) is 24.0 Å². The van der Waals surface area contributed by atoms with Crippen LogP contribution in [0.5, 0.6) is 0 Å². The molecule has 1 aliphatic rings. The second-order valence-corrected chi connectivity index (χ2v) is 5.94. The molecule has 1 aromatic heterocycles. The van der Waals surface area contributed by atoms with Crippen LogP contribution in [0.1, 0.15) is 5.69 Å². The molecule has 126 valence electrons. The summed E-state index contributed by atoms with van der Waals surface area (Å²) in [6.07, 6.45) is 0. The van der Waals surface area contributed by atoms with Crippen LogP contribution in [0.2, 0.25) is 0 Å². The molecule has 0 atom stereocenters. The molecular weight excluding hydrogens is 310 g/mol. The molecule has 0 radical (unpaired) electrons.